The van der Waals surface area contributed by atoms with Gasteiger partial charge in [0.25, 0.3) is 5.91 Å². The summed E-state index contributed by atoms with van der Waals surface area (Å²) >= 11 is 1.38. The van der Waals surface area contributed by atoms with Crippen molar-refractivity contribution in [3.63, 3.8) is 0 Å². The van der Waals surface area contributed by atoms with Crippen molar-refractivity contribution in [2.75, 3.05) is 32.1 Å². The minimum Gasteiger partial charge on any atom is -0.494 e. The number of carbonyl (C=O) groups excluding carboxylic acids is 1. The predicted octanol–water partition coefficient (Wildman–Crippen LogP) is 6.48. The Bertz CT molecular complexity index is 1290. The maximum absolute atomic E-state index is 13.8. The number of thiazole rings is 1. The van der Waals surface area contributed by atoms with E-state index in [-0.39, 0.29) is 11.7 Å². The van der Waals surface area contributed by atoms with Crippen LogP contribution in [0.3, 0.4) is 0 Å². The fourth-order valence-corrected chi connectivity index (χ4v) is 4.38. The van der Waals surface area contributed by atoms with Gasteiger partial charge in [0.1, 0.15) is 5.83 Å². The van der Waals surface area contributed by atoms with Gasteiger partial charge in [-0.25, -0.2) is 9.37 Å². The average molecular weight is 524 g/mol. The second kappa shape index (κ2) is 13.4. The van der Waals surface area contributed by atoms with Crippen molar-refractivity contribution < 1.29 is 23.5 Å². The van der Waals surface area contributed by atoms with E-state index in [1.807, 2.05) is 30.3 Å². The monoisotopic (exact) mass is 523 g/mol. The van der Waals surface area contributed by atoms with Gasteiger partial charge < -0.3 is 9.47 Å². The third kappa shape index (κ3) is 7.77. The van der Waals surface area contributed by atoms with Crippen LogP contribution in [0.4, 0.5) is 15.2 Å². The van der Waals surface area contributed by atoms with Crippen molar-refractivity contribution in [3.05, 3.63) is 106 Å². The summed E-state index contributed by atoms with van der Waals surface area (Å²) in [6, 6.07) is 7.81. The molecule has 0 saturated heterocycles. The van der Waals surface area contributed by atoms with Crippen molar-refractivity contribution >= 4 is 33.6 Å². The summed E-state index contributed by atoms with van der Waals surface area (Å²) in [5.74, 6) is 0.156. The Morgan fingerprint density at radius 2 is 1.89 bits per heavy atom. The predicted molar refractivity (Wildman–Crippen MR) is 147 cm³/mol. The number of halogens is 1. The quantitative estimate of drug-likeness (QED) is 0.152. The molecule has 194 valence electrons. The van der Waals surface area contributed by atoms with Crippen molar-refractivity contribution in [2.45, 2.75) is 19.8 Å². The van der Waals surface area contributed by atoms with Crippen molar-refractivity contribution in [1.82, 2.24) is 4.98 Å². The normalized spacial score (nSPS) is 13.9. The molecule has 7 nitrogen and oxygen atoms in total. The Hall–Kier alpha value is -3.95. The number of anilines is 2. The Kier molecular flexibility index (Phi) is 10.00. The highest BCUT2D eigenvalue weighted by molar-refractivity contribution is 7.16. The molecule has 9 heteroatoms. The molecule has 1 aliphatic carbocycles. The van der Waals surface area contributed by atoms with E-state index in [2.05, 4.69) is 17.4 Å². The molecule has 0 atom stereocenters. The third-order valence-electron chi connectivity index (χ3n) is 5.39. The summed E-state index contributed by atoms with van der Waals surface area (Å²) in [4.78, 5) is 23.5. The molecule has 37 heavy (non-hydrogen) atoms. The summed E-state index contributed by atoms with van der Waals surface area (Å²) in [5, 5.41) is 3.32. The molecule has 3 rings (SSSR count). The Balaban J connectivity index is 1.87. The van der Waals surface area contributed by atoms with Gasteiger partial charge in [-0.15, -0.1) is 11.3 Å². The van der Waals surface area contributed by atoms with Crippen LogP contribution in [0.15, 0.2) is 90.2 Å². The van der Waals surface area contributed by atoms with Crippen LogP contribution in [-0.4, -0.2) is 32.2 Å². The zero-order chi connectivity index (χ0) is 26.8. The summed E-state index contributed by atoms with van der Waals surface area (Å²) in [7, 11) is 4.54. The fraction of sp³-hybridized carbons (Fsp3) is 0.214. The Labute approximate surface area is 220 Å². The number of nitrogens with zero attached hydrogens (tertiary/aromatic N) is 1. The number of hydrogen-bond donors (Lipinski definition) is 2. The van der Waals surface area contributed by atoms with E-state index in [0.29, 0.717) is 40.8 Å². The summed E-state index contributed by atoms with van der Waals surface area (Å²) in [5.41, 5.74) is 6.63. The van der Waals surface area contributed by atoms with E-state index in [0.717, 1.165) is 21.7 Å². The average Bonchev–Trinajstić information content (AvgIpc) is 3.15. The second-order valence-corrected chi connectivity index (χ2v) is 9.04. The molecule has 0 bridgehead atoms. The third-order valence-corrected chi connectivity index (χ3v) is 6.36. The van der Waals surface area contributed by atoms with Gasteiger partial charge in [-0.1, -0.05) is 36.9 Å². The maximum atomic E-state index is 13.8. The first-order valence-electron chi connectivity index (χ1n) is 11.4. The highest BCUT2D eigenvalue weighted by Crippen LogP contribution is 2.33. The first-order chi connectivity index (χ1) is 17.8. The van der Waals surface area contributed by atoms with Crippen LogP contribution in [0.25, 0.3) is 5.57 Å². The standard InChI is InChI=1S/C28H30FN3O4S/c1-18(9-16-24(35-4)19(2)34-3)27(33)31-28-30-26(21-7-6-8-22(29)13-12-21)25(37-28)17-20-10-14-23(15-11-20)32-36-5/h7-16,32H,2,6,17H2,1,3-5H3,(H,30,31,33)/b18-9+,24-16+. The van der Waals surface area contributed by atoms with Crippen LogP contribution in [0.5, 0.6) is 0 Å². The molecular weight excluding hydrogens is 493 g/mol. The Morgan fingerprint density at radius 1 is 1.14 bits per heavy atom. The maximum Gasteiger partial charge on any atom is 0.253 e. The van der Waals surface area contributed by atoms with E-state index >= 15 is 0 Å². The fourth-order valence-electron chi connectivity index (χ4n) is 3.37. The van der Waals surface area contributed by atoms with Crippen molar-refractivity contribution in [1.29, 1.82) is 0 Å². The number of methoxy groups -OCH3 is 2. The number of rotatable bonds is 11. The lowest BCUT2D eigenvalue weighted by Gasteiger charge is -2.07. The molecule has 2 N–H and O–H groups in total. The first-order valence-corrected chi connectivity index (χ1v) is 12.2. The molecule has 0 unspecified atom stereocenters. The van der Waals surface area contributed by atoms with Gasteiger partial charge in [-0.2, -0.15) is 0 Å². The van der Waals surface area contributed by atoms with Crippen LogP contribution in [0.1, 0.15) is 29.5 Å². The van der Waals surface area contributed by atoms with Crippen molar-refractivity contribution in [3.8, 4) is 0 Å². The zero-order valence-electron chi connectivity index (χ0n) is 21.3. The van der Waals surface area contributed by atoms with Gasteiger partial charge >= 0.3 is 0 Å². The van der Waals surface area contributed by atoms with Crippen LogP contribution in [0, 0.1) is 0 Å². The number of benzene rings is 1. The van der Waals surface area contributed by atoms with Crippen LogP contribution in [-0.2, 0) is 25.5 Å². The largest absolute Gasteiger partial charge is 0.494 e. The highest BCUT2D eigenvalue weighted by Gasteiger charge is 2.17. The zero-order valence-corrected chi connectivity index (χ0v) is 22.1. The van der Waals surface area contributed by atoms with Gasteiger partial charge in [0.15, 0.2) is 16.6 Å². The van der Waals surface area contributed by atoms with Crippen LogP contribution in [0.2, 0.25) is 0 Å². The summed E-state index contributed by atoms with van der Waals surface area (Å²) in [6.07, 6.45) is 10.8. The lowest BCUT2D eigenvalue weighted by molar-refractivity contribution is -0.112. The molecular formula is C28H30FN3O4S. The summed E-state index contributed by atoms with van der Waals surface area (Å²) in [6.45, 7) is 5.44. The number of nitrogens with one attached hydrogen (secondary N) is 2. The number of amides is 1. The Morgan fingerprint density at radius 3 is 2.57 bits per heavy atom. The van der Waals surface area contributed by atoms with Crippen molar-refractivity contribution in [2.24, 2.45) is 0 Å². The van der Waals surface area contributed by atoms with Crippen LogP contribution >= 0.6 is 11.3 Å². The molecule has 1 aliphatic rings. The minimum absolute atomic E-state index is 0.293. The number of carbonyl (C=O) groups is 1. The minimum atomic E-state index is -0.310. The molecule has 1 aromatic carbocycles. The number of allylic oxidation sites excluding steroid dienone is 8. The number of ether oxygens (including phenoxy) is 2. The molecule has 0 fully saturated rings. The van der Waals surface area contributed by atoms with Gasteiger partial charge in [-0.05, 0) is 54.8 Å². The van der Waals surface area contributed by atoms with E-state index in [4.69, 9.17) is 19.3 Å². The van der Waals surface area contributed by atoms with Gasteiger partial charge in [0.2, 0.25) is 0 Å². The molecule has 0 spiro atoms. The highest BCUT2D eigenvalue weighted by atomic mass is 32.1. The first kappa shape index (κ1) is 27.6. The van der Waals surface area contributed by atoms with Crippen LogP contribution < -0.4 is 10.8 Å². The lowest BCUT2D eigenvalue weighted by Crippen LogP contribution is -2.12. The molecule has 0 radical (unpaired) electrons. The van der Waals surface area contributed by atoms with E-state index in [9.17, 15) is 9.18 Å². The lowest BCUT2D eigenvalue weighted by atomic mass is 10.1. The molecule has 1 heterocycles. The topological polar surface area (TPSA) is 81.7 Å². The van der Waals surface area contributed by atoms with E-state index in [1.54, 1.807) is 32.3 Å². The smallest absolute Gasteiger partial charge is 0.253 e. The number of hydrogen-bond acceptors (Lipinski definition) is 7. The van der Waals surface area contributed by atoms with Gasteiger partial charge in [0, 0.05) is 16.9 Å². The molecule has 1 aromatic heterocycles. The van der Waals surface area contributed by atoms with Gasteiger partial charge in [0.05, 0.1) is 32.7 Å². The van der Waals surface area contributed by atoms with E-state index in [1.165, 1.54) is 37.7 Å². The number of aromatic nitrogens is 1. The molecule has 1 amide bonds. The van der Waals surface area contributed by atoms with Gasteiger partial charge in [-0.3, -0.25) is 20.4 Å². The SMILES string of the molecule is C=C(OC)/C(=C\C=C(/C)C(=O)Nc1nc(C2=CCC=C(F)C=C2)c(Cc2ccc(NOC)cc2)s1)OC. The molecule has 0 saturated carbocycles. The molecule has 2 aromatic rings. The second-order valence-electron chi connectivity index (χ2n) is 7.95. The summed E-state index contributed by atoms with van der Waals surface area (Å²) < 4.78 is 24.1. The van der Waals surface area contributed by atoms with E-state index < -0.39 is 0 Å². The molecule has 0 aliphatic heterocycles.